The van der Waals surface area contributed by atoms with Gasteiger partial charge in [-0.3, -0.25) is 0 Å². The SMILES string of the molecule is CCC1(NC(=O)NC(C)(C)c2ccc(-c3ccc(N4CCOCC4)cc3)cc2)CN2CCC1CC2. The van der Waals surface area contributed by atoms with Gasteiger partial charge in [-0.1, -0.05) is 43.3 Å². The number of amides is 2. The van der Waals surface area contributed by atoms with Gasteiger partial charge in [-0.15, -0.1) is 0 Å². The number of anilines is 1. The van der Waals surface area contributed by atoms with Crippen molar-refractivity contribution in [3.8, 4) is 11.1 Å². The van der Waals surface area contributed by atoms with Crippen molar-refractivity contribution in [2.75, 3.05) is 50.8 Å². The Morgan fingerprint density at radius 1 is 0.971 bits per heavy atom. The minimum atomic E-state index is -0.467. The zero-order valence-corrected chi connectivity index (χ0v) is 21.5. The molecule has 4 aliphatic rings. The Labute approximate surface area is 210 Å². The Bertz CT molecular complexity index is 1010. The summed E-state index contributed by atoms with van der Waals surface area (Å²) in [6.07, 6.45) is 3.35. The molecule has 4 heterocycles. The Hall–Kier alpha value is -2.57. The zero-order chi connectivity index (χ0) is 24.5. The molecule has 1 atom stereocenters. The number of fused-ring (bicyclic) bond motifs is 3. The van der Waals surface area contributed by atoms with Gasteiger partial charge in [0.1, 0.15) is 0 Å². The molecule has 0 aliphatic carbocycles. The predicted octanol–water partition coefficient (Wildman–Crippen LogP) is 4.60. The van der Waals surface area contributed by atoms with E-state index in [1.54, 1.807) is 0 Å². The molecule has 1 unspecified atom stereocenters. The van der Waals surface area contributed by atoms with Crippen molar-refractivity contribution in [1.29, 1.82) is 0 Å². The van der Waals surface area contributed by atoms with Gasteiger partial charge < -0.3 is 25.2 Å². The van der Waals surface area contributed by atoms with E-state index < -0.39 is 5.54 Å². The van der Waals surface area contributed by atoms with Crippen LogP contribution < -0.4 is 15.5 Å². The van der Waals surface area contributed by atoms with E-state index in [4.69, 9.17) is 4.74 Å². The summed E-state index contributed by atoms with van der Waals surface area (Å²) in [5.41, 5.74) is 4.15. The van der Waals surface area contributed by atoms with E-state index in [9.17, 15) is 4.79 Å². The number of carbonyl (C=O) groups is 1. The van der Waals surface area contributed by atoms with Gasteiger partial charge in [0.25, 0.3) is 0 Å². The number of ether oxygens (including phenoxy) is 1. The first-order valence-electron chi connectivity index (χ1n) is 13.2. The fraction of sp³-hybridized carbons (Fsp3) is 0.552. The van der Waals surface area contributed by atoms with Crippen LogP contribution in [0.15, 0.2) is 48.5 Å². The molecule has 4 fully saturated rings. The first kappa shape index (κ1) is 24.1. The second kappa shape index (κ2) is 9.82. The van der Waals surface area contributed by atoms with Crippen LogP contribution in [0.25, 0.3) is 11.1 Å². The van der Waals surface area contributed by atoms with Crippen LogP contribution in [0.4, 0.5) is 10.5 Å². The molecule has 2 bridgehead atoms. The maximum absolute atomic E-state index is 13.1. The van der Waals surface area contributed by atoms with Gasteiger partial charge in [-0.05, 0) is 80.9 Å². The third-order valence-corrected chi connectivity index (χ3v) is 8.48. The lowest BCUT2D eigenvalue weighted by Gasteiger charge is -2.53. The van der Waals surface area contributed by atoms with Crippen molar-refractivity contribution in [2.24, 2.45) is 5.92 Å². The fourth-order valence-corrected chi connectivity index (χ4v) is 6.18. The number of nitrogens with zero attached hydrogens (tertiary/aromatic N) is 2. The molecule has 188 valence electrons. The van der Waals surface area contributed by atoms with Crippen LogP contribution in [0, 0.1) is 5.92 Å². The number of benzene rings is 2. The summed E-state index contributed by atoms with van der Waals surface area (Å²) in [4.78, 5) is 18.0. The number of morpholine rings is 1. The lowest BCUT2D eigenvalue weighted by Crippen LogP contribution is -2.68. The van der Waals surface area contributed by atoms with Gasteiger partial charge in [0, 0.05) is 25.3 Å². The molecule has 0 aromatic heterocycles. The minimum Gasteiger partial charge on any atom is -0.378 e. The van der Waals surface area contributed by atoms with Crippen LogP contribution >= 0.6 is 0 Å². The molecule has 2 aromatic rings. The van der Waals surface area contributed by atoms with E-state index in [1.807, 2.05) is 0 Å². The van der Waals surface area contributed by atoms with Crippen LogP contribution in [0.5, 0.6) is 0 Å². The molecule has 0 saturated carbocycles. The molecule has 0 spiro atoms. The van der Waals surface area contributed by atoms with Gasteiger partial charge in [-0.25, -0.2) is 4.79 Å². The largest absolute Gasteiger partial charge is 0.378 e. The monoisotopic (exact) mass is 476 g/mol. The average molecular weight is 477 g/mol. The minimum absolute atomic E-state index is 0.0617. The highest BCUT2D eigenvalue weighted by atomic mass is 16.5. The lowest BCUT2D eigenvalue weighted by molar-refractivity contribution is 0.00985. The van der Waals surface area contributed by atoms with E-state index in [2.05, 4.69) is 89.7 Å². The van der Waals surface area contributed by atoms with Crippen LogP contribution in [0.1, 0.15) is 45.6 Å². The van der Waals surface area contributed by atoms with Gasteiger partial charge in [0.2, 0.25) is 0 Å². The number of piperidine rings is 3. The molecule has 2 amide bonds. The van der Waals surface area contributed by atoms with Crippen molar-refractivity contribution >= 4 is 11.7 Å². The summed E-state index contributed by atoms with van der Waals surface area (Å²) < 4.78 is 5.46. The Morgan fingerprint density at radius 2 is 1.57 bits per heavy atom. The molecule has 35 heavy (non-hydrogen) atoms. The third kappa shape index (κ3) is 5.05. The predicted molar refractivity (Wildman–Crippen MR) is 142 cm³/mol. The highest BCUT2D eigenvalue weighted by Crippen LogP contribution is 2.38. The number of urea groups is 1. The molecular weight excluding hydrogens is 436 g/mol. The number of carbonyl (C=O) groups excluding carboxylic acids is 1. The first-order chi connectivity index (χ1) is 16.9. The summed E-state index contributed by atoms with van der Waals surface area (Å²) >= 11 is 0. The molecule has 4 saturated heterocycles. The molecule has 0 radical (unpaired) electrons. The van der Waals surface area contributed by atoms with E-state index in [0.717, 1.165) is 44.8 Å². The van der Waals surface area contributed by atoms with Crippen LogP contribution in [0.3, 0.4) is 0 Å². The van der Waals surface area contributed by atoms with Crippen LogP contribution in [-0.2, 0) is 10.3 Å². The number of hydrogen-bond donors (Lipinski definition) is 2. The fourth-order valence-electron chi connectivity index (χ4n) is 6.18. The van der Waals surface area contributed by atoms with Gasteiger partial charge in [0.05, 0.1) is 24.3 Å². The average Bonchev–Trinajstić information content (AvgIpc) is 2.89. The smallest absolute Gasteiger partial charge is 0.315 e. The Balaban J connectivity index is 1.23. The van der Waals surface area contributed by atoms with Gasteiger partial charge >= 0.3 is 6.03 Å². The van der Waals surface area contributed by atoms with Crippen molar-refractivity contribution in [3.05, 3.63) is 54.1 Å². The first-order valence-corrected chi connectivity index (χ1v) is 13.2. The maximum atomic E-state index is 13.1. The van der Waals surface area contributed by atoms with Gasteiger partial charge in [0.15, 0.2) is 0 Å². The summed E-state index contributed by atoms with van der Waals surface area (Å²) in [6.45, 7) is 13.2. The highest BCUT2D eigenvalue weighted by Gasteiger charge is 2.46. The molecule has 6 nitrogen and oxygen atoms in total. The third-order valence-electron chi connectivity index (χ3n) is 8.48. The molecule has 6 rings (SSSR count). The Morgan fingerprint density at radius 3 is 2.11 bits per heavy atom. The topological polar surface area (TPSA) is 56.8 Å². The van der Waals surface area contributed by atoms with Crippen molar-refractivity contribution < 1.29 is 9.53 Å². The van der Waals surface area contributed by atoms with Crippen LogP contribution in [0.2, 0.25) is 0 Å². The zero-order valence-electron chi connectivity index (χ0n) is 21.5. The van der Waals surface area contributed by atoms with E-state index >= 15 is 0 Å². The maximum Gasteiger partial charge on any atom is 0.315 e. The second-order valence-electron chi connectivity index (χ2n) is 11.0. The van der Waals surface area contributed by atoms with E-state index in [0.29, 0.717) is 5.92 Å². The lowest BCUT2D eigenvalue weighted by atomic mass is 9.71. The molecule has 6 heteroatoms. The van der Waals surface area contributed by atoms with E-state index in [1.165, 1.54) is 42.7 Å². The highest BCUT2D eigenvalue weighted by molar-refractivity contribution is 5.76. The number of nitrogens with one attached hydrogen (secondary N) is 2. The molecule has 4 aliphatic heterocycles. The van der Waals surface area contributed by atoms with Crippen LogP contribution in [-0.4, -0.2) is 62.4 Å². The summed E-state index contributed by atoms with van der Waals surface area (Å²) in [7, 11) is 0. The summed E-state index contributed by atoms with van der Waals surface area (Å²) in [6, 6.07) is 17.3. The summed E-state index contributed by atoms with van der Waals surface area (Å²) in [5.74, 6) is 0.584. The molecule has 2 N–H and O–H groups in total. The molecule has 2 aromatic carbocycles. The molecular formula is C29H40N4O2. The van der Waals surface area contributed by atoms with E-state index in [-0.39, 0.29) is 11.6 Å². The second-order valence-corrected chi connectivity index (χ2v) is 11.0. The quantitative estimate of drug-likeness (QED) is 0.640. The van der Waals surface area contributed by atoms with Crippen molar-refractivity contribution in [2.45, 2.75) is 51.1 Å². The van der Waals surface area contributed by atoms with Gasteiger partial charge in [-0.2, -0.15) is 0 Å². The number of hydrogen-bond acceptors (Lipinski definition) is 4. The Kier molecular flexibility index (Phi) is 6.78. The van der Waals surface area contributed by atoms with Crippen molar-refractivity contribution in [1.82, 2.24) is 15.5 Å². The normalized spacial score (nSPS) is 26.4. The standard InChI is InChI=1S/C29H40N4O2/c1-4-29(21-32-15-13-25(29)14-16-32)31-27(34)30-28(2,3)24-9-5-22(6-10-24)23-7-11-26(12-8-23)33-17-19-35-20-18-33/h5-12,25H,4,13-21H2,1-3H3,(H2,30,31,34). The number of rotatable bonds is 6. The van der Waals surface area contributed by atoms with Crippen molar-refractivity contribution in [3.63, 3.8) is 0 Å². The summed E-state index contributed by atoms with van der Waals surface area (Å²) in [5, 5.41) is 6.66.